The molecule has 0 saturated heterocycles. The lowest BCUT2D eigenvalue weighted by atomic mass is 10.1. The highest BCUT2D eigenvalue weighted by molar-refractivity contribution is 6.30. The predicted molar refractivity (Wildman–Crippen MR) is 71.9 cm³/mol. The van der Waals surface area contributed by atoms with Crippen molar-refractivity contribution in [3.05, 3.63) is 64.9 Å². The van der Waals surface area contributed by atoms with E-state index in [1.54, 1.807) is 24.3 Å². The average molecular weight is 261 g/mol. The van der Waals surface area contributed by atoms with Gasteiger partial charge in [-0.1, -0.05) is 11.6 Å². The Labute approximate surface area is 112 Å². The van der Waals surface area contributed by atoms with Crippen molar-refractivity contribution in [2.45, 2.75) is 19.9 Å². The van der Waals surface area contributed by atoms with Gasteiger partial charge in [-0.2, -0.15) is 4.57 Å². The van der Waals surface area contributed by atoms with Crippen LogP contribution in [0, 0.1) is 6.92 Å². The number of ketones is 1. The highest BCUT2D eigenvalue weighted by Crippen LogP contribution is 2.13. The molecule has 0 aliphatic heterocycles. The van der Waals surface area contributed by atoms with Gasteiger partial charge in [0.15, 0.2) is 12.4 Å². The average Bonchev–Trinajstić information content (AvgIpc) is 2.38. The van der Waals surface area contributed by atoms with E-state index in [1.165, 1.54) is 0 Å². The van der Waals surface area contributed by atoms with Crippen LogP contribution >= 0.6 is 11.6 Å². The molecule has 0 fully saturated rings. The highest BCUT2D eigenvalue weighted by Gasteiger charge is 2.23. The number of hydrogen-bond donors (Lipinski definition) is 0. The van der Waals surface area contributed by atoms with E-state index in [0.717, 1.165) is 5.56 Å². The first kappa shape index (κ1) is 12.8. The van der Waals surface area contributed by atoms with Gasteiger partial charge in [-0.3, -0.25) is 4.79 Å². The Bertz CT molecular complexity index is 563. The minimum atomic E-state index is -0.217. The van der Waals surface area contributed by atoms with Gasteiger partial charge < -0.3 is 0 Å². The fraction of sp³-hybridized carbons (Fsp3) is 0.200. The van der Waals surface area contributed by atoms with Crippen LogP contribution < -0.4 is 4.57 Å². The first-order valence-electron chi connectivity index (χ1n) is 5.85. The molecule has 92 valence electrons. The number of aromatic nitrogens is 1. The van der Waals surface area contributed by atoms with Crippen LogP contribution in [-0.4, -0.2) is 5.78 Å². The summed E-state index contributed by atoms with van der Waals surface area (Å²) >= 11 is 5.82. The maximum Gasteiger partial charge on any atom is 0.230 e. The zero-order chi connectivity index (χ0) is 13.1. The quantitative estimate of drug-likeness (QED) is 0.612. The molecular weight excluding hydrogens is 246 g/mol. The number of pyridine rings is 1. The van der Waals surface area contributed by atoms with E-state index >= 15 is 0 Å². The summed E-state index contributed by atoms with van der Waals surface area (Å²) in [6.45, 7) is 3.91. The minimum absolute atomic E-state index is 0.0854. The van der Waals surface area contributed by atoms with Crippen molar-refractivity contribution < 1.29 is 9.36 Å². The number of halogens is 1. The monoisotopic (exact) mass is 260 g/mol. The topological polar surface area (TPSA) is 20.9 Å². The number of carbonyl (C=O) groups excluding carboxylic acids is 1. The van der Waals surface area contributed by atoms with E-state index in [1.807, 2.05) is 42.9 Å². The van der Waals surface area contributed by atoms with E-state index in [-0.39, 0.29) is 11.8 Å². The molecule has 18 heavy (non-hydrogen) atoms. The normalized spacial score (nSPS) is 12.2. The molecule has 1 heterocycles. The molecule has 2 nitrogen and oxygen atoms in total. The van der Waals surface area contributed by atoms with Crippen LogP contribution in [0.15, 0.2) is 48.8 Å². The van der Waals surface area contributed by atoms with Crippen LogP contribution in [0.2, 0.25) is 5.02 Å². The lowest BCUT2D eigenvalue weighted by Crippen LogP contribution is -2.41. The summed E-state index contributed by atoms with van der Waals surface area (Å²) in [7, 11) is 0. The number of nitrogens with zero attached hydrogens (tertiary/aromatic N) is 1. The van der Waals surface area contributed by atoms with Crippen molar-refractivity contribution in [1.29, 1.82) is 0 Å². The Kier molecular flexibility index (Phi) is 3.78. The number of Topliss-reactive ketones (excluding diaryl/α,β-unsaturated/α-hetero) is 1. The van der Waals surface area contributed by atoms with Crippen LogP contribution in [0.4, 0.5) is 0 Å². The number of aryl methyl sites for hydroxylation is 1. The third-order valence-electron chi connectivity index (χ3n) is 2.93. The lowest BCUT2D eigenvalue weighted by molar-refractivity contribution is -0.705. The van der Waals surface area contributed by atoms with Gasteiger partial charge in [-0.05, 0) is 37.3 Å². The van der Waals surface area contributed by atoms with E-state index in [0.29, 0.717) is 10.6 Å². The van der Waals surface area contributed by atoms with Crippen molar-refractivity contribution >= 4 is 17.4 Å². The number of rotatable bonds is 3. The molecule has 2 aromatic rings. The Morgan fingerprint density at radius 1 is 1.22 bits per heavy atom. The molecule has 0 spiro atoms. The number of carbonyl (C=O) groups is 1. The molecule has 1 unspecified atom stereocenters. The highest BCUT2D eigenvalue weighted by atomic mass is 35.5. The molecule has 3 heteroatoms. The van der Waals surface area contributed by atoms with Crippen LogP contribution in [0.1, 0.15) is 28.9 Å². The maximum atomic E-state index is 12.3. The third-order valence-corrected chi connectivity index (χ3v) is 3.18. The smallest absolute Gasteiger partial charge is 0.230 e. The Hall–Kier alpha value is -1.67. The second kappa shape index (κ2) is 5.32. The number of hydrogen-bond acceptors (Lipinski definition) is 1. The molecule has 1 aromatic heterocycles. The third kappa shape index (κ3) is 2.77. The van der Waals surface area contributed by atoms with E-state index in [4.69, 9.17) is 11.6 Å². The molecule has 0 aliphatic rings. The van der Waals surface area contributed by atoms with Crippen LogP contribution in [0.3, 0.4) is 0 Å². The predicted octanol–water partition coefficient (Wildman–Crippen LogP) is 3.38. The maximum absolute atomic E-state index is 12.3. The Balaban J connectivity index is 2.26. The van der Waals surface area contributed by atoms with E-state index in [2.05, 4.69) is 0 Å². The van der Waals surface area contributed by atoms with Gasteiger partial charge in [0.05, 0.1) is 0 Å². The molecule has 0 aliphatic carbocycles. The van der Waals surface area contributed by atoms with E-state index in [9.17, 15) is 4.79 Å². The van der Waals surface area contributed by atoms with Crippen molar-refractivity contribution in [2.75, 3.05) is 0 Å². The summed E-state index contributed by atoms with van der Waals surface area (Å²) in [5, 5.41) is 0.641. The molecule has 1 aromatic carbocycles. The van der Waals surface area contributed by atoms with Crippen molar-refractivity contribution in [2.24, 2.45) is 0 Å². The SMILES string of the molecule is Cc1ccc[n+](C(C)C(=O)c2ccc(Cl)cc2)c1. The molecule has 1 atom stereocenters. The van der Waals surface area contributed by atoms with Crippen molar-refractivity contribution in [3.63, 3.8) is 0 Å². The first-order chi connectivity index (χ1) is 8.58. The van der Waals surface area contributed by atoms with Crippen LogP contribution in [0.5, 0.6) is 0 Å². The molecule has 2 rings (SSSR count). The largest absolute Gasteiger partial charge is 0.287 e. The summed E-state index contributed by atoms with van der Waals surface area (Å²) < 4.78 is 1.92. The summed E-state index contributed by atoms with van der Waals surface area (Å²) in [5.41, 5.74) is 1.81. The first-order valence-corrected chi connectivity index (χ1v) is 6.23. The molecule has 0 saturated carbocycles. The van der Waals surface area contributed by atoms with Gasteiger partial charge in [0.25, 0.3) is 0 Å². The van der Waals surface area contributed by atoms with Gasteiger partial charge in [0.1, 0.15) is 0 Å². The number of benzene rings is 1. The molecule has 0 amide bonds. The van der Waals surface area contributed by atoms with Crippen molar-refractivity contribution in [1.82, 2.24) is 0 Å². The van der Waals surface area contributed by atoms with Gasteiger partial charge in [0.2, 0.25) is 11.8 Å². The van der Waals surface area contributed by atoms with Gasteiger partial charge >= 0.3 is 0 Å². The van der Waals surface area contributed by atoms with E-state index < -0.39 is 0 Å². The fourth-order valence-corrected chi connectivity index (χ4v) is 1.97. The van der Waals surface area contributed by atoms with Crippen LogP contribution in [-0.2, 0) is 0 Å². The Morgan fingerprint density at radius 3 is 2.50 bits per heavy atom. The molecular formula is C15H15ClNO+. The second-order valence-electron chi connectivity index (χ2n) is 4.38. The van der Waals surface area contributed by atoms with Gasteiger partial charge in [0, 0.05) is 29.1 Å². The molecule has 0 bridgehead atoms. The fourth-order valence-electron chi connectivity index (χ4n) is 1.85. The standard InChI is InChI=1S/C15H15ClNO/c1-11-4-3-9-17(10-11)12(2)15(18)13-5-7-14(16)8-6-13/h3-10,12H,1-2H3/q+1. The molecule has 0 radical (unpaired) electrons. The van der Waals surface area contributed by atoms with Gasteiger partial charge in [-0.25, -0.2) is 0 Å². The van der Waals surface area contributed by atoms with Crippen LogP contribution in [0.25, 0.3) is 0 Å². The summed E-state index contributed by atoms with van der Waals surface area (Å²) in [5.74, 6) is 0.0854. The minimum Gasteiger partial charge on any atom is -0.287 e. The summed E-state index contributed by atoms with van der Waals surface area (Å²) in [6.07, 6.45) is 3.88. The summed E-state index contributed by atoms with van der Waals surface area (Å²) in [6, 6.07) is 10.7. The zero-order valence-corrected chi connectivity index (χ0v) is 11.2. The van der Waals surface area contributed by atoms with Crippen molar-refractivity contribution in [3.8, 4) is 0 Å². The zero-order valence-electron chi connectivity index (χ0n) is 10.4. The lowest BCUT2D eigenvalue weighted by Gasteiger charge is -2.06. The molecule has 0 N–H and O–H groups in total. The summed E-state index contributed by atoms with van der Waals surface area (Å²) in [4.78, 5) is 12.3. The van der Waals surface area contributed by atoms with Gasteiger partial charge in [-0.15, -0.1) is 0 Å². The Morgan fingerprint density at radius 2 is 1.89 bits per heavy atom. The second-order valence-corrected chi connectivity index (χ2v) is 4.81.